The molecule has 0 saturated heterocycles. The van der Waals surface area contributed by atoms with Crippen molar-refractivity contribution in [2.45, 2.75) is 26.3 Å². The zero-order valence-corrected chi connectivity index (χ0v) is 7.70. The maximum atomic E-state index is 11.2. The minimum atomic E-state index is -0.727. The average Bonchev–Trinajstić information content (AvgIpc) is 2.06. The maximum Gasteiger partial charge on any atom is 0.239 e. The molecule has 0 spiro atoms. The van der Waals surface area contributed by atoms with Crippen molar-refractivity contribution in [2.24, 2.45) is 11.7 Å². The molecule has 0 aliphatic heterocycles. The van der Waals surface area contributed by atoms with Gasteiger partial charge in [-0.1, -0.05) is 6.92 Å². The molecule has 0 aliphatic carbocycles. The Balaban J connectivity index is 4.15. The molecule has 5 heteroatoms. The lowest BCUT2D eigenvalue weighted by atomic mass is 10.1. The monoisotopic (exact) mass is 183 g/mol. The van der Waals surface area contributed by atoms with Crippen LogP contribution in [0, 0.1) is 17.2 Å². The summed E-state index contributed by atoms with van der Waals surface area (Å²) in [5, 5.41) is 10.9. The fourth-order valence-corrected chi connectivity index (χ4v) is 0.720. The van der Waals surface area contributed by atoms with Gasteiger partial charge in [0.05, 0.1) is 6.07 Å². The first-order chi connectivity index (χ1) is 6.02. The van der Waals surface area contributed by atoms with Gasteiger partial charge < -0.3 is 11.1 Å². The van der Waals surface area contributed by atoms with E-state index in [2.05, 4.69) is 5.32 Å². The summed E-state index contributed by atoms with van der Waals surface area (Å²) >= 11 is 0. The minimum Gasteiger partial charge on any atom is -0.368 e. The van der Waals surface area contributed by atoms with E-state index in [9.17, 15) is 9.59 Å². The molecule has 2 unspecified atom stereocenters. The van der Waals surface area contributed by atoms with Crippen LogP contribution in [0.4, 0.5) is 0 Å². The highest BCUT2D eigenvalue weighted by atomic mass is 16.2. The van der Waals surface area contributed by atoms with Gasteiger partial charge >= 0.3 is 0 Å². The first kappa shape index (κ1) is 11.4. The predicted molar refractivity (Wildman–Crippen MR) is 46.2 cm³/mol. The van der Waals surface area contributed by atoms with Crippen molar-refractivity contribution in [3.05, 3.63) is 0 Å². The zero-order chi connectivity index (χ0) is 10.4. The largest absolute Gasteiger partial charge is 0.368 e. The average molecular weight is 183 g/mol. The quantitative estimate of drug-likeness (QED) is 0.616. The Hall–Kier alpha value is -1.57. The van der Waals surface area contributed by atoms with E-state index in [-0.39, 0.29) is 0 Å². The van der Waals surface area contributed by atoms with Gasteiger partial charge in [0.15, 0.2) is 0 Å². The summed E-state index contributed by atoms with van der Waals surface area (Å²) in [5.74, 6) is -1.76. The summed E-state index contributed by atoms with van der Waals surface area (Å²) in [6, 6.07) is 1.10. The standard InChI is InChI=1S/C8H13N3O2/c1-3-6(4-9)8(13)11-5(2)7(10)12/h5-6H,3H2,1-2H3,(H2,10,12)(H,11,13). The Kier molecular flexibility index (Phi) is 4.52. The maximum absolute atomic E-state index is 11.2. The molecular weight excluding hydrogens is 170 g/mol. The number of hydrogen-bond acceptors (Lipinski definition) is 3. The minimum absolute atomic E-state index is 0.424. The molecule has 0 bridgehead atoms. The first-order valence-electron chi connectivity index (χ1n) is 4.02. The van der Waals surface area contributed by atoms with Crippen molar-refractivity contribution in [3.8, 4) is 6.07 Å². The summed E-state index contributed by atoms with van der Waals surface area (Å²) in [4.78, 5) is 21.7. The molecule has 0 aromatic rings. The van der Waals surface area contributed by atoms with Crippen molar-refractivity contribution in [2.75, 3.05) is 0 Å². The van der Waals surface area contributed by atoms with Gasteiger partial charge in [-0.3, -0.25) is 9.59 Å². The number of carbonyl (C=O) groups excluding carboxylic acids is 2. The Labute approximate surface area is 76.9 Å². The lowest BCUT2D eigenvalue weighted by Gasteiger charge is -2.11. The normalized spacial score (nSPS) is 13.9. The molecule has 0 fully saturated rings. The van der Waals surface area contributed by atoms with Crippen molar-refractivity contribution < 1.29 is 9.59 Å². The van der Waals surface area contributed by atoms with Gasteiger partial charge in [0, 0.05) is 0 Å². The lowest BCUT2D eigenvalue weighted by Crippen LogP contribution is -2.44. The highest BCUT2D eigenvalue weighted by molar-refractivity contribution is 5.88. The van der Waals surface area contributed by atoms with Crippen molar-refractivity contribution >= 4 is 11.8 Å². The van der Waals surface area contributed by atoms with E-state index in [1.165, 1.54) is 6.92 Å². The summed E-state index contributed by atoms with van der Waals surface area (Å²) < 4.78 is 0. The number of carbonyl (C=O) groups is 2. The van der Waals surface area contributed by atoms with E-state index in [4.69, 9.17) is 11.0 Å². The number of nitrogens with zero attached hydrogens (tertiary/aromatic N) is 1. The van der Waals surface area contributed by atoms with E-state index in [0.717, 1.165) is 0 Å². The Morgan fingerprint density at radius 1 is 1.62 bits per heavy atom. The lowest BCUT2D eigenvalue weighted by molar-refractivity contribution is -0.128. The smallest absolute Gasteiger partial charge is 0.239 e. The summed E-state index contributed by atoms with van der Waals surface area (Å²) in [6.07, 6.45) is 0.424. The van der Waals surface area contributed by atoms with Gasteiger partial charge in [-0.25, -0.2) is 0 Å². The van der Waals surface area contributed by atoms with E-state index >= 15 is 0 Å². The van der Waals surface area contributed by atoms with Crippen LogP contribution in [0.3, 0.4) is 0 Å². The topological polar surface area (TPSA) is 96.0 Å². The number of nitrogens with one attached hydrogen (secondary N) is 1. The van der Waals surface area contributed by atoms with Gasteiger partial charge in [0.1, 0.15) is 12.0 Å². The van der Waals surface area contributed by atoms with Gasteiger partial charge in [-0.2, -0.15) is 5.26 Å². The van der Waals surface area contributed by atoms with Crippen LogP contribution in [0.15, 0.2) is 0 Å². The molecule has 5 nitrogen and oxygen atoms in total. The van der Waals surface area contributed by atoms with Crippen molar-refractivity contribution in [1.82, 2.24) is 5.32 Å². The number of nitrogens with two attached hydrogens (primary N) is 1. The Morgan fingerprint density at radius 2 is 2.15 bits per heavy atom. The number of primary amides is 1. The molecule has 2 amide bonds. The van der Waals surface area contributed by atoms with E-state index in [1.807, 2.05) is 6.07 Å². The van der Waals surface area contributed by atoms with E-state index in [1.54, 1.807) is 6.92 Å². The Bertz CT molecular complexity index is 244. The van der Waals surface area contributed by atoms with Gasteiger partial charge in [-0.05, 0) is 13.3 Å². The summed E-state index contributed by atoms with van der Waals surface area (Å²) in [7, 11) is 0. The SMILES string of the molecule is CCC(C#N)C(=O)NC(C)C(N)=O. The van der Waals surface area contributed by atoms with Crippen LogP contribution in [0.25, 0.3) is 0 Å². The zero-order valence-electron chi connectivity index (χ0n) is 7.70. The molecule has 2 atom stereocenters. The number of rotatable bonds is 4. The van der Waals surface area contributed by atoms with E-state index in [0.29, 0.717) is 6.42 Å². The third-order valence-corrected chi connectivity index (χ3v) is 1.67. The van der Waals surface area contributed by atoms with Crippen LogP contribution in [0.5, 0.6) is 0 Å². The van der Waals surface area contributed by atoms with Crippen LogP contribution in [0.2, 0.25) is 0 Å². The highest BCUT2D eigenvalue weighted by Crippen LogP contribution is 2.00. The number of amides is 2. The number of hydrogen-bond donors (Lipinski definition) is 2. The van der Waals surface area contributed by atoms with Crippen molar-refractivity contribution in [1.29, 1.82) is 5.26 Å². The second-order valence-electron chi connectivity index (χ2n) is 2.72. The van der Waals surface area contributed by atoms with Gasteiger partial charge in [0.25, 0.3) is 0 Å². The van der Waals surface area contributed by atoms with Crippen molar-refractivity contribution in [3.63, 3.8) is 0 Å². The molecular formula is C8H13N3O2. The molecule has 0 rings (SSSR count). The molecule has 0 aliphatic rings. The fraction of sp³-hybridized carbons (Fsp3) is 0.625. The molecule has 0 radical (unpaired) electrons. The van der Waals surface area contributed by atoms with Gasteiger partial charge in [0.2, 0.25) is 11.8 Å². The third kappa shape index (κ3) is 3.56. The summed E-state index contributed by atoms with van der Waals surface area (Å²) in [5.41, 5.74) is 4.93. The first-order valence-corrected chi connectivity index (χ1v) is 4.02. The second kappa shape index (κ2) is 5.14. The molecule has 13 heavy (non-hydrogen) atoms. The fourth-order valence-electron chi connectivity index (χ4n) is 0.720. The highest BCUT2D eigenvalue weighted by Gasteiger charge is 2.19. The second-order valence-corrected chi connectivity index (χ2v) is 2.72. The third-order valence-electron chi connectivity index (χ3n) is 1.67. The molecule has 72 valence electrons. The van der Waals surface area contributed by atoms with Crippen LogP contribution < -0.4 is 11.1 Å². The molecule has 0 aromatic carbocycles. The predicted octanol–water partition coefficient (Wildman–Crippen LogP) is -0.474. The van der Waals surface area contributed by atoms with E-state index < -0.39 is 23.8 Å². The molecule has 0 heterocycles. The molecule has 0 saturated carbocycles. The summed E-state index contributed by atoms with van der Waals surface area (Å²) in [6.45, 7) is 3.20. The van der Waals surface area contributed by atoms with Crippen LogP contribution in [0.1, 0.15) is 20.3 Å². The number of nitriles is 1. The molecule has 3 N–H and O–H groups in total. The molecule has 0 aromatic heterocycles. The Morgan fingerprint density at radius 3 is 2.46 bits per heavy atom. The van der Waals surface area contributed by atoms with Crippen LogP contribution in [-0.4, -0.2) is 17.9 Å². The van der Waals surface area contributed by atoms with Crippen LogP contribution in [-0.2, 0) is 9.59 Å². The van der Waals surface area contributed by atoms with Gasteiger partial charge in [-0.15, -0.1) is 0 Å². The van der Waals surface area contributed by atoms with Crippen LogP contribution >= 0.6 is 0 Å².